The SMILES string of the molecule is C=C[C@H]1C[C@@]1(CC(=O)[C@@H]1C[C@@H](Oc2cccc3ccccc23)CN1C(=O)[C@@H](CC(=O)OC(C)(C)C)C(C)(C)C)C(=O)OCC. The monoisotopic (exact) mass is 605 g/mol. The summed E-state index contributed by atoms with van der Waals surface area (Å²) in [5, 5.41) is 1.96. The third kappa shape index (κ3) is 7.33. The highest BCUT2D eigenvalue weighted by Gasteiger charge is 2.61. The van der Waals surface area contributed by atoms with Crippen molar-refractivity contribution < 1.29 is 33.4 Å². The predicted octanol–water partition coefficient (Wildman–Crippen LogP) is 6.30. The first-order chi connectivity index (χ1) is 20.6. The van der Waals surface area contributed by atoms with E-state index in [0.717, 1.165) is 10.8 Å². The Morgan fingerprint density at radius 3 is 2.34 bits per heavy atom. The van der Waals surface area contributed by atoms with Gasteiger partial charge >= 0.3 is 11.9 Å². The number of hydrogen-bond acceptors (Lipinski definition) is 7. The summed E-state index contributed by atoms with van der Waals surface area (Å²) in [5.41, 5.74) is -2.25. The Morgan fingerprint density at radius 1 is 1.05 bits per heavy atom. The van der Waals surface area contributed by atoms with Crippen molar-refractivity contribution >= 4 is 34.4 Å². The predicted molar refractivity (Wildman–Crippen MR) is 169 cm³/mol. The smallest absolute Gasteiger partial charge is 0.313 e. The Hall–Kier alpha value is -3.68. The molecule has 1 heterocycles. The van der Waals surface area contributed by atoms with Crippen LogP contribution in [0.15, 0.2) is 55.1 Å². The quantitative estimate of drug-likeness (QED) is 0.219. The average Bonchev–Trinajstić information content (AvgIpc) is 3.49. The number of nitrogens with zero attached hydrogens (tertiary/aromatic N) is 1. The lowest BCUT2D eigenvalue weighted by atomic mass is 9.77. The molecule has 2 aliphatic rings. The molecule has 44 heavy (non-hydrogen) atoms. The van der Waals surface area contributed by atoms with E-state index in [1.54, 1.807) is 38.7 Å². The van der Waals surface area contributed by atoms with Crippen molar-refractivity contribution in [3.8, 4) is 5.75 Å². The standard InChI is InChI=1S/C36H47NO7/c1-9-24-20-36(24,33(41)42-10-2)21-29(38)28-18-25(43-30-17-13-15-23-14-11-12-16-26(23)30)22-37(28)32(40)27(34(3,4)5)19-31(39)44-35(6,7)8/h9,11-17,24-25,27-28H,1,10,18-22H2,2-8H3/t24-,25+,27+,28-,36-/m0/s1. The van der Waals surface area contributed by atoms with Gasteiger partial charge in [-0.1, -0.05) is 63.2 Å². The molecule has 0 unspecified atom stereocenters. The van der Waals surface area contributed by atoms with Gasteiger partial charge in [0, 0.05) is 18.2 Å². The Bertz CT molecular complexity index is 1410. The van der Waals surface area contributed by atoms with E-state index in [9.17, 15) is 19.2 Å². The lowest BCUT2D eigenvalue weighted by Crippen LogP contribution is -2.48. The first-order valence-corrected chi connectivity index (χ1v) is 15.6. The van der Waals surface area contributed by atoms with Gasteiger partial charge in [-0.15, -0.1) is 6.58 Å². The molecule has 8 heteroatoms. The molecule has 0 radical (unpaired) electrons. The highest BCUT2D eigenvalue weighted by Crippen LogP contribution is 2.57. The van der Waals surface area contributed by atoms with Crippen LogP contribution in [0.4, 0.5) is 0 Å². The van der Waals surface area contributed by atoms with Gasteiger partial charge in [-0.3, -0.25) is 19.2 Å². The van der Waals surface area contributed by atoms with Gasteiger partial charge < -0.3 is 19.1 Å². The van der Waals surface area contributed by atoms with E-state index in [-0.39, 0.29) is 50.0 Å². The summed E-state index contributed by atoms with van der Waals surface area (Å²) in [6, 6.07) is 12.9. The van der Waals surface area contributed by atoms with Crippen molar-refractivity contribution in [2.45, 2.75) is 91.9 Å². The molecule has 2 fully saturated rings. The van der Waals surface area contributed by atoms with Crippen LogP contribution in [0.5, 0.6) is 5.75 Å². The molecule has 1 amide bonds. The van der Waals surface area contributed by atoms with Crippen molar-refractivity contribution in [2.75, 3.05) is 13.2 Å². The summed E-state index contributed by atoms with van der Waals surface area (Å²) in [6.07, 6.45) is 1.83. The van der Waals surface area contributed by atoms with Crippen molar-refractivity contribution in [3.05, 3.63) is 55.1 Å². The van der Waals surface area contributed by atoms with Crippen LogP contribution >= 0.6 is 0 Å². The molecule has 4 rings (SSSR count). The third-order valence-corrected chi connectivity index (χ3v) is 8.68. The molecule has 0 bridgehead atoms. The van der Waals surface area contributed by atoms with E-state index in [2.05, 4.69) is 6.58 Å². The molecule has 1 saturated carbocycles. The van der Waals surface area contributed by atoms with E-state index in [1.165, 1.54) is 0 Å². The van der Waals surface area contributed by atoms with Crippen LogP contribution < -0.4 is 4.74 Å². The Labute approximate surface area is 261 Å². The molecular formula is C36H47NO7. The van der Waals surface area contributed by atoms with E-state index in [0.29, 0.717) is 12.2 Å². The Kier molecular flexibility index (Phi) is 9.62. The molecule has 1 aliphatic heterocycles. The lowest BCUT2D eigenvalue weighted by molar-refractivity contribution is -0.161. The van der Waals surface area contributed by atoms with Crippen molar-refractivity contribution in [1.29, 1.82) is 0 Å². The number of carbonyl (C=O) groups excluding carboxylic acids is 4. The van der Waals surface area contributed by atoms with Gasteiger partial charge in [-0.25, -0.2) is 0 Å². The molecule has 5 atom stereocenters. The summed E-state index contributed by atoms with van der Waals surface area (Å²) < 4.78 is 17.4. The summed E-state index contributed by atoms with van der Waals surface area (Å²) in [4.78, 5) is 56.0. The number of Topliss-reactive ketones (excluding diaryl/α,β-unsaturated/α-hetero) is 1. The minimum Gasteiger partial charge on any atom is -0.488 e. The first-order valence-electron chi connectivity index (χ1n) is 15.6. The largest absolute Gasteiger partial charge is 0.488 e. The van der Waals surface area contributed by atoms with Gasteiger partial charge in [0.15, 0.2) is 5.78 Å². The van der Waals surface area contributed by atoms with Gasteiger partial charge in [0.25, 0.3) is 0 Å². The van der Waals surface area contributed by atoms with Gasteiger partial charge in [0.1, 0.15) is 17.5 Å². The molecule has 8 nitrogen and oxygen atoms in total. The second-order valence-electron chi connectivity index (χ2n) is 14.2. The number of ketones is 1. The topological polar surface area (TPSA) is 99.2 Å². The van der Waals surface area contributed by atoms with Crippen LogP contribution in [0.1, 0.15) is 74.1 Å². The number of benzene rings is 2. The Balaban J connectivity index is 1.64. The van der Waals surface area contributed by atoms with Crippen molar-refractivity contribution in [2.24, 2.45) is 22.7 Å². The summed E-state index contributed by atoms with van der Waals surface area (Å²) in [5.74, 6) is -1.61. The van der Waals surface area contributed by atoms with Crippen LogP contribution in [0, 0.1) is 22.7 Å². The minimum atomic E-state index is -0.960. The fraction of sp³-hybridized carbons (Fsp3) is 0.556. The second kappa shape index (κ2) is 12.7. The maximum atomic E-state index is 14.4. The molecule has 1 aliphatic carbocycles. The number of allylic oxidation sites excluding steroid dienone is 1. The number of esters is 2. The zero-order valence-electron chi connectivity index (χ0n) is 27.2. The average molecular weight is 606 g/mol. The molecule has 2 aromatic rings. The summed E-state index contributed by atoms with van der Waals surface area (Å²) >= 11 is 0. The first kappa shape index (κ1) is 33.2. The van der Waals surface area contributed by atoms with Gasteiger partial charge in [-0.05, 0) is 56.9 Å². The van der Waals surface area contributed by atoms with Crippen LogP contribution in [-0.2, 0) is 28.7 Å². The fourth-order valence-corrected chi connectivity index (χ4v) is 6.28. The number of fused-ring (bicyclic) bond motifs is 1. The molecule has 2 aromatic carbocycles. The van der Waals surface area contributed by atoms with Crippen LogP contribution in [-0.4, -0.2) is 59.4 Å². The van der Waals surface area contributed by atoms with Crippen LogP contribution in [0.25, 0.3) is 10.8 Å². The second-order valence-corrected chi connectivity index (χ2v) is 14.2. The molecule has 1 saturated heterocycles. The molecule has 238 valence electrons. The maximum absolute atomic E-state index is 14.4. The fourth-order valence-electron chi connectivity index (χ4n) is 6.28. The number of carbonyl (C=O) groups is 4. The van der Waals surface area contributed by atoms with Gasteiger partial charge in [0.2, 0.25) is 5.91 Å². The molecular weight excluding hydrogens is 558 g/mol. The maximum Gasteiger partial charge on any atom is 0.313 e. The molecule has 0 N–H and O–H groups in total. The summed E-state index contributed by atoms with van der Waals surface area (Å²) in [6.45, 7) is 17.1. The van der Waals surface area contributed by atoms with E-state index in [4.69, 9.17) is 14.2 Å². The van der Waals surface area contributed by atoms with Crippen LogP contribution in [0.3, 0.4) is 0 Å². The molecule has 0 spiro atoms. The zero-order chi connectivity index (χ0) is 32.4. The van der Waals surface area contributed by atoms with E-state index >= 15 is 0 Å². The van der Waals surface area contributed by atoms with Crippen molar-refractivity contribution in [3.63, 3.8) is 0 Å². The van der Waals surface area contributed by atoms with Gasteiger partial charge in [-0.2, -0.15) is 0 Å². The summed E-state index contributed by atoms with van der Waals surface area (Å²) in [7, 11) is 0. The van der Waals surface area contributed by atoms with Crippen LogP contribution in [0.2, 0.25) is 0 Å². The third-order valence-electron chi connectivity index (χ3n) is 8.68. The lowest BCUT2D eigenvalue weighted by Gasteiger charge is -2.35. The highest BCUT2D eigenvalue weighted by atomic mass is 16.6. The minimum absolute atomic E-state index is 0.0514. The number of ether oxygens (including phenoxy) is 3. The zero-order valence-corrected chi connectivity index (χ0v) is 27.2. The van der Waals surface area contributed by atoms with E-state index < -0.39 is 46.4 Å². The van der Waals surface area contributed by atoms with E-state index in [1.807, 2.05) is 63.2 Å². The molecule has 0 aromatic heterocycles. The number of hydrogen-bond donors (Lipinski definition) is 0. The van der Waals surface area contributed by atoms with Crippen molar-refractivity contribution in [1.82, 2.24) is 4.90 Å². The number of amides is 1. The highest BCUT2D eigenvalue weighted by molar-refractivity contribution is 5.96. The normalized spacial score (nSPS) is 24.0. The number of likely N-dealkylation sites (tertiary alicyclic amines) is 1. The number of rotatable bonds is 11. The Morgan fingerprint density at radius 2 is 1.73 bits per heavy atom. The van der Waals surface area contributed by atoms with Gasteiger partial charge in [0.05, 0.1) is 36.9 Å².